The highest BCUT2D eigenvalue weighted by molar-refractivity contribution is 6.31. The van der Waals surface area contributed by atoms with Crippen molar-refractivity contribution in [2.45, 2.75) is 24.9 Å². The number of carbonyl (C=O) groups is 2. The average Bonchev–Trinajstić information content (AvgIpc) is 3.40. The molecule has 1 aromatic heterocycles. The molecular weight excluding hydrogens is 404 g/mol. The van der Waals surface area contributed by atoms with Gasteiger partial charge in [0.05, 0.1) is 0 Å². The van der Waals surface area contributed by atoms with Gasteiger partial charge in [-0.3, -0.25) is 9.59 Å². The van der Waals surface area contributed by atoms with Gasteiger partial charge in [0.25, 0.3) is 5.91 Å². The van der Waals surface area contributed by atoms with Gasteiger partial charge in [0, 0.05) is 35.4 Å². The van der Waals surface area contributed by atoms with Crippen molar-refractivity contribution in [1.29, 1.82) is 0 Å². The minimum atomic E-state index is -0.750. The number of hydrogen-bond donors (Lipinski definition) is 2. The molecule has 8 heteroatoms. The van der Waals surface area contributed by atoms with Crippen LogP contribution in [-0.4, -0.2) is 46.9 Å². The Hall–Kier alpha value is -3.19. The van der Waals surface area contributed by atoms with Gasteiger partial charge in [-0.2, -0.15) is 4.91 Å². The van der Waals surface area contributed by atoms with Crippen molar-refractivity contribution in [2.75, 3.05) is 13.1 Å². The van der Waals surface area contributed by atoms with Crippen LogP contribution < -0.4 is 5.32 Å². The summed E-state index contributed by atoms with van der Waals surface area (Å²) in [6, 6.07) is 15.4. The molecule has 7 nitrogen and oxygen atoms in total. The van der Waals surface area contributed by atoms with E-state index < -0.39 is 6.04 Å². The molecule has 2 amide bonds. The van der Waals surface area contributed by atoms with Gasteiger partial charge in [-0.1, -0.05) is 47.1 Å². The third-order valence-corrected chi connectivity index (χ3v) is 5.57. The first-order chi connectivity index (χ1) is 14.5. The Morgan fingerprint density at radius 3 is 2.73 bits per heavy atom. The molecule has 1 aliphatic rings. The van der Waals surface area contributed by atoms with Gasteiger partial charge >= 0.3 is 0 Å². The maximum Gasteiger partial charge on any atom is 0.268 e. The van der Waals surface area contributed by atoms with E-state index >= 15 is 0 Å². The van der Waals surface area contributed by atoms with Crippen molar-refractivity contribution in [3.63, 3.8) is 0 Å². The van der Waals surface area contributed by atoms with Crippen molar-refractivity contribution in [3.05, 3.63) is 75.8 Å². The molecule has 0 spiro atoms. The lowest BCUT2D eigenvalue weighted by Crippen LogP contribution is -2.49. The molecule has 2 N–H and O–H groups in total. The quantitative estimate of drug-likeness (QED) is 0.592. The van der Waals surface area contributed by atoms with Gasteiger partial charge in [0.2, 0.25) is 5.91 Å². The molecule has 30 heavy (non-hydrogen) atoms. The maximum atomic E-state index is 13.1. The van der Waals surface area contributed by atoms with Gasteiger partial charge in [0.1, 0.15) is 17.8 Å². The van der Waals surface area contributed by atoms with Crippen molar-refractivity contribution in [3.8, 4) is 0 Å². The number of hydrogen-bond acceptors (Lipinski definition) is 4. The lowest BCUT2D eigenvalue weighted by molar-refractivity contribution is -0.132. The maximum absolute atomic E-state index is 13.1. The minimum absolute atomic E-state index is 0.211. The predicted octanol–water partition coefficient (Wildman–Crippen LogP) is 3.53. The van der Waals surface area contributed by atoms with Crippen LogP contribution >= 0.6 is 11.6 Å². The first-order valence-corrected chi connectivity index (χ1v) is 10.2. The summed E-state index contributed by atoms with van der Waals surface area (Å²) in [4.78, 5) is 41.6. The Kier molecular flexibility index (Phi) is 5.81. The van der Waals surface area contributed by atoms with Crippen LogP contribution in [0.2, 0.25) is 5.02 Å². The summed E-state index contributed by atoms with van der Waals surface area (Å²) in [5.41, 5.74) is 2.07. The highest BCUT2D eigenvalue weighted by atomic mass is 35.5. The third-order valence-electron chi connectivity index (χ3n) is 5.34. The van der Waals surface area contributed by atoms with Gasteiger partial charge in [-0.05, 0) is 36.2 Å². The number of fused-ring (bicyclic) bond motifs is 1. The van der Waals surface area contributed by atoms with Crippen LogP contribution in [-0.2, 0) is 11.2 Å². The summed E-state index contributed by atoms with van der Waals surface area (Å²) in [6.07, 6.45) is 0.900. The molecule has 0 aliphatic carbocycles. The second-order valence-corrected chi connectivity index (χ2v) is 7.90. The fraction of sp³-hybridized carbons (Fsp3) is 0.273. The lowest BCUT2D eigenvalue weighted by atomic mass is 10.0. The molecule has 1 fully saturated rings. The van der Waals surface area contributed by atoms with Crippen molar-refractivity contribution < 1.29 is 9.59 Å². The Balaban J connectivity index is 1.55. The molecule has 1 unspecified atom stereocenters. The van der Waals surface area contributed by atoms with E-state index in [4.69, 9.17) is 11.6 Å². The molecule has 2 heterocycles. The first-order valence-electron chi connectivity index (χ1n) is 9.78. The molecule has 0 saturated carbocycles. The molecule has 1 saturated heterocycles. The number of nitrogens with one attached hydrogen (secondary N) is 2. The van der Waals surface area contributed by atoms with Crippen molar-refractivity contribution in [2.24, 2.45) is 5.18 Å². The van der Waals surface area contributed by atoms with E-state index in [-0.39, 0.29) is 24.4 Å². The predicted molar refractivity (Wildman–Crippen MR) is 115 cm³/mol. The molecule has 0 bridgehead atoms. The summed E-state index contributed by atoms with van der Waals surface area (Å²) in [7, 11) is 0. The van der Waals surface area contributed by atoms with Gasteiger partial charge in [-0.15, -0.1) is 0 Å². The number of carbonyl (C=O) groups excluding carboxylic acids is 2. The van der Waals surface area contributed by atoms with Crippen LogP contribution in [0.4, 0.5) is 0 Å². The zero-order valence-electron chi connectivity index (χ0n) is 16.2. The Morgan fingerprint density at radius 1 is 1.20 bits per heavy atom. The standard InChI is InChI=1S/C22H21ClN4O3/c23-16-6-7-18-15(11-16)12-19(24-18)21(28)25-20(10-14-4-2-1-3-5-14)22(29)27-9-8-17(13-27)26-30/h1-7,11-12,17,20,24H,8-10,13H2,(H,25,28)/t17?,20-/m0/s1. The van der Waals surface area contributed by atoms with E-state index in [2.05, 4.69) is 15.5 Å². The number of halogens is 1. The Labute approximate surface area is 178 Å². The van der Waals surface area contributed by atoms with Crippen LogP contribution in [0.3, 0.4) is 0 Å². The molecule has 2 atom stereocenters. The molecule has 1 aliphatic heterocycles. The third kappa shape index (κ3) is 4.36. The smallest absolute Gasteiger partial charge is 0.268 e. The molecule has 154 valence electrons. The SMILES string of the molecule is O=NC1CCN(C(=O)[C@H](Cc2ccccc2)NC(=O)c2cc3cc(Cl)ccc3[nH]2)C1. The summed E-state index contributed by atoms with van der Waals surface area (Å²) in [5.74, 6) is -0.585. The fourth-order valence-corrected chi connectivity index (χ4v) is 3.94. The molecule has 0 radical (unpaired) electrons. The number of nitrogens with zero attached hydrogens (tertiary/aromatic N) is 2. The summed E-state index contributed by atoms with van der Waals surface area (Å²) in [6.45, 7) is 0.746. The van der Waals surface area contributed by atoms with Crippen LogP contribution in [0, 0.1) is 4.91 Å². The normalized spacial score (nSPS) is 17.1. The zero-order chi connectivity index (χ0) is 21.1. The molecule has 4 rings (SSSR count). The topological polar surface area (TPSA) is 94.6 Å². The molecular formula is C22H21ClN4O3. The molecule has 2 aromatic carbocycles. The number of aromatic amines is 1. The monoisotopic (exact) mass is 424 g/mol. The second-order valence-electron chi connectivity index (χ2n) is 7.46. The van der Waals surface area contributed by atoms with Crippen LogP contribution in [0.15, 0.2) is 59.8 Å². The van der Waals surface area contributed by atoms with Crippen molar-refractivity contribution in [1.82, 2.24) is 15.2 Å². The number of amides is 2. The minimum Gasteiger partial charge on any atom is -0.351 e. The average molecular weight is 425 g/mol. The highest BCUT2D eigenvalue weighted by Gasteiger charge is 2.32. The van der Waals surface area contributed by atoms with E-state index in [0.717, 1.165) is 16.5 Å². The van der Waals surface area contributed by atoms with E-state index in [1.54, 1.807) is 29.2 Å². The number of benzene rings is 2. The summed E-state index contributed by atoms with van der Waals surface area (Å²) in [5, 5.41) is 7.32. The van der Waals surface area contributed by atoms with Crippen LogP contribution in [0.5, 0.6) is 0 Å². The Morgan fingerprint density at radius 2 is 2.00 bits per heavy atom. The summed E-state index contributed by atoms with van der Waals surface area (Å²) >= 11 is 6.03. The molecule has 3 aromatic rings. The number of rotatable bonds is 6. The number of nitroso groups, excluding NO2 is 1. The number of aromatic nitrogens is 1. The van der Waals surface area contributed by atoms with E-state index in [1.807, 2.05) is 30.3 Å². The van der Waals surface area contributed by atoms with E-state index in [0.29, 0.717) is 30.1 Å². The zero-order valence-corrected chi connectivity index (χ0v) is 16.9. The number of H-pyrrole nitrogens is 1. The van der Waals surface area contributed by atoms with Gasteiger partial charge in [-0.25, -0.2) is 0 Å². The lowest BCUT2D eigenvalue weighted by Gasteiger charge is -2.24. The Bertz CT molecular complexity index is 1080. The fourth-order valence-electron chi connectivity index (χ4n) is 3.76. The van der Waals surface area contributed by atoms with Crippen LogP contribution in [0.1, 0.15) is 22.5 Å². The van der Waals surface area contributed by atoms with Crippen LogP contribution in [0.25, 0.3) is 10.9 Å². The first kappa shape index (κ1) is 20.1. The van der Waals surface area contributed by atoms with E-state index in [9.17, 15) is 14.5 Å². The van der Waals surface area contributed by atoms with Crippen molar-refractivity contribution >= 4 is 34.3 Å². The summed E-state index contributed by atoms with van der Waals surface area (Å²) < 4.78 is 0. The van der Waals surface area contributed by atoms with E-state index in [1.165, 1.54) is 0 Å². The largest absolute Gasteiger partial charge is 0.351 e. The van der Waals surface area contributed by atoms with Gasteiger partial charge in [0.15, 0.2) is 0 Å². The second kappa shape index (κ2) is 8.67. The van der Waals surface area contributed by atoms with Gasteiger partial charge < -0.3 is 15.2 Å². The highest BCUT2D eigenvalue weighted by Crippen LogP contribution is 2.21. The number of likely N-dealkylation sites (tertiary alicyclic amines) is 1.